The topological polar surface area (TPSA) is 51.5 Å². The van der Waals surface area contributed by atoms with Gasteiger partial charge in [0.25, 0.3) is 5.91 Å². The van der Waals surface area contributed by atoms with E-state index in [1.165, 1.54) is 13.4 Å². The molecule has 0 aliphatic carbocycles. The summed E-state index contributed by atoms with van der Waals surface area (Å²) < 4.78 is 10.0. The Morgan fingerprint density at radius 2 is 2.16 bits per heavy atom. The highest BCUT2D eigenvalue weighted by atomic mass is 35.5. The number of halogens is 2. The number of amides is 1. The summed E-state index contributed by atoms with van der Waals surface area (Å²) >= 11 is 12.1. The zero-order valence-corrected chi connectivity index (χ0v) is 11.6. The Hall–Kier alpha value is -1.65. The van der Waals surface area contributed by atoms with E-state index < -0.39 is 0 Å². The zero-order chi connectivity index (χ0) is 13.8. The van der Waals surface area contributed by atoms with Gasteiger partial charge in [-0.15, -0.1) is 0 Å². The van der Waals surface area contributed by atoms with E-state index in [-0.39, 0.29) is 18.2 Å². The Labute approximate surface area is 120 Å². The molecule has 1 heterocycles. The van der Waals surface area contributed by atoms with Crippen LogP contribution in [0.3, 0.4) is 0 Å². The van der Waals surface area contributed by atoms with Crippen LogP contribution >= 0.6 is 23.2 Å². The van der Waals surface area contributed by atoms with Crippen molar-refractivity contribution in [3.8, 4) is 5.75 Å². The molecule has 100 valence electrons. The summed E-state index contributed by atoms with van der Waals surface area (Å²) in [6.45, 7) is 0.252. The van der Waals surface area contributed by atoms with Gasteiger partial charge >= 0.3 is 0 Å². The molecule has 2 rings (SSSR count). The molecule has 19 heavy (non-hydrogen) atoms. The molecule has 1 aromatic carbocycles. The summed E-state index contributed by atoms with van der Waals surface area (Å²) in [5.41, 5.74) is 0.701. The summed E-state index contributed by atoms with van der Waals surface area (Å²) in [7, 11) is 1.51. The molecule has 0 radical (unpaired) electrons. The van der Waals surface area contributed by atoms with Gasteiger partial charge in [-0.2, -0.15) is 0 Å². The Morgan fingerprint density at radius 1 is 1.37 bits per heavy atom. The first kappa shape index (κ1) is 13.8. The lowest BCUT2D eigenvalue weighted by molar-refractivity contribution is 0.0923. The van der Waals surface area contributed by atoms with E-state index in [2.05, 4.69) is 5.32 Å². The minimum atomic E-state index is -0.312. The molecule has 0 aliphatic rings. The van der Waals surface area contributed by atoms with Crippen LogP contribution in [0.5, 0.6) is 5.75 Å². The first-order chi connectivity index (χ1) is 9.11. The fraction of sp³-hybridized carbons (Fsp3) is 0.154. The second-order valence-corrected chi connectivity index (χ2v) is 4.55. The van der Waals surface area contributed by atoms with Crippen molar-refractivity contribution in [1.29, 1.82) is 0 Å². The molecule has 1 N–H and O–H groups in total. The number of methoxy groups -OCH3 is 1. The monoisotopic (exact) mass is 299 g/mol. The van der Waals surface area contributed by atoms with Crippen LogP contribution in [0.25, 0.3) is 0 Å². The number of nitrogens with one attached hydrogen (secondary N) is 1. The van der Waals surface area contributed by atoms with Gasteiger partial charge in [0, 0.05) is 17.6 Å². The number of ether oxygens (including phenoxy) is 1. The molecule has 0 saturated heterocycles. The first-order valence-electron chi connectivity index (χ1n) is 5.45. The van der Waals surface area contributed by atoms with E-state index in [1.807, 2.05) is 0 Å². The molecule has 0 unspecified atom stereocenters. The fourth-order valence-corrected chi connectivity index (χ4v) is 2.02. The highest BCUT2D eigenvalue weighted by molar-refractivity contribution is 6.34. The quantitative estimate of drug-likeness (QED) is 0.939. The SMILES string of the molecule is COc1cc(Cl)c(CNC(=O)c2ccco2)cc1Cl. The number of carbonyl (C=O) groups is 1. The maximum absolute atomic E-state index is 11.7. The Balaban J connectivity index is 2.08. The van der Waals surface area contributed by atoms with E-state index in [4.69, 9.17) is 32.4 Å². The highest BCUT2D eigenvalue weighted by Crippen LogP contribution is 2.30. The van der Waals surface area contributed by atoms with Gasteiger partial charge in [-0.3, -0.25) is 4.79 Å². The molecule has 1 amide bonds. The van der Waals surface area contributed by atoms with Crippen molar-refractivity contribution in [3.63, 3.8) is 0 Å². The Morgan fingerprint density at radius 3 is 2.79 bits per heavy atom. The van der Waals surface area contributed by atoms with Gasteiger partial charge in [0.05, 0.1) is 18.4 Å². The molecular weight excluding hydrogens is 289 g/mol. The highest BCUT2D eigenvalue weighted by Gasteiger charge is 2.11. The van der Waals surface area contributed by atoms with Crippen LogP contribution in [0.1, 0.15) is 16.1 Å². The number of benzene rings is 1. The second-order valence-electron chi connectivity index (χ2n) is 3.74. The van der Waals surface area contributed by atoms with Crippen molar-refractivity contribution in [3.05, 3.63) is 51.9 Å². The summed E-state index contributed by atoms with van der Waals surface area (Å²) in [5.74, 6) is 0.427. The summed E-state index contributed by atoms with van der Waals surface area (Å²) in [6, 6.07) is 6.49. The van der Waals surface area contributed by atoms with E-state index in [1.54, 1.807) is 24.3 Å². The second kappa shape index (κ2) is 5.99. The number of carbonyl (C=O) groups excluding carboxylic acids is 1. The lowest BCUT2D eigenvalue weighted by Gasteiger charge is -2.09. The van der Waals surface area contributed by atoms with Crippen molar-refractivity contribution >= 4 is 29.1 Å². The molecule has 0 atom stereocenters. The lowest BCUT2D eigenvalue weighted by Crippen LogP contribution is -2.22. The molecule has 4 nitrogen and oxygen atoms in total. The zero-order valence-electron chi connectivity index (χ0n) is 10.1. The van der Waals surface area contributed by atoms with E-state index in [0.717, 1.165) is 0 Å². The molecule has 0 spiro atoms. The third kappa shape index (κ3) is 3.22. The normalized spacial score (nSPS) is 10.3. The van der Waals surface area contributed by atoms with Gasteiger partial charge in [0.2, 0.25) is 0 Å². The Kier molecular flexibility index (Phi) is 4.35. The maximum Gasteiger partial charge on any atom is 0.287 e. The van der Waals surface area contributed by atoms with Crippen molar-refractivity contribution in [1.82, 2.24) is 5.32 Å². The number of hydrogen-bond acceptors (Lipinski definition) is 3. The van der Waals surface area contributed by atoms with Gasteiger partial charge < -0.3 is 14.5 Å². The maximum atomic E-state index is 11.7. The molecule has 2 aromatic rings. The van der Waals surface area contributed by atoms with Crippen LogP contribution < -0.4 is 10.1 Å². The number of hydrogen-bond donors (Lipinski definition) is 1. The molecule has 0 bridgehead atoms. The molecule has 6 heteroatoms. The third-order valence-corrected chi connectivity index (χ3v) is 3.15. The largest absolute Gasteiger partial charge is 0.495 e. The van der Waals surface area contributed by atoms with Gasteiger partial charge in [-0.05, 0) is 23.8 Å². The lowest BCUT2D eigenvalue weighted by atomic mass is 10.2. The smallest absolute Gasteiger partial charge is 0.287 e. The summed E-state index contributed by atoms with van der Waals surface area (Å²) in [5, 5.41) is 3.60. The van der Waals surface area contributed by atoms with Crippen LogP contribution in [-0.4, -0.2) is 13.0 Å². The Bertz CT molecular complexity index is 582. The van der Waals surface area contributed by atoms with Crippen LogP contribution in [-0.2, 0) is 6.54 Å². The molecule has 0 aliphatic heterocycles. The predicted octanol–water partition coefficient (Wildman–Crippen LogP) is 3.53. The fourth-order valence-electron chi connectivity index (χ4n) is 1.53. The van der Waals surface area contributed by atoms with Crippen molar-refractivity contribution in [2.75, 3.05) is 7.11 Å². The van der Waals surface area contributed by atoms with Crippen LogP contribution in [0.4, 0.5) is 0 Å². The number of furan rings is 1. The van der Waals surface area contributed by atoms with Gasteiger partial charge in [0.1, 0.15) is 5.75 Å². The van der Waals surface area contributed by atoms with Crippen molar-refractivity contribution < 1.29 is 13.9 Å². The molecule has 1 aromatic heterocycles. The van der Waals surface area contributed by atoms with Crippen LogP contribution in [0, 0.1) is 0 Å². The van der Waals surface area contributed by atoms with E-state index in [0.29, 0.717) is 21.4 Å². The summed E-state index contributed by atoms with van der Waals surface area (Å²) in [4.78, 5) is 11.7. The standard InChI is InChI=1S/C13H11Cl2NO3/c1-18-12-6-9(14)8(5-10(12)15)7-16-13(17)11-3-2-4-19-11/h2-6H,7H2,1H3,(H,16,17). The van der Waals surface area contributed by atoms with Crippen molar-refractivity contribution in [2.24, 2.45) is 0 Å². The molecular formula is C13H11Cl2NO3. The minimum Gasteiger partial charge on any atom is -0.495 e. The van der Waals surface area contributed by atoms with Gasteiger partial charge in [-0.1, -0.05) is 23.2 Å². The van der Waals surface area contributed by atoms with Crippen molar-refractivity contribution in [2.45, 2.75) is 6.54 Å². The molecule has 0 saturated carbocycles. The predicted molar refractivity (Wildman–Crippen MR) is 72.9 cm³/mol. The summed E-state index contributed by atoms with van der Waals surface area (Å²) in [6.07, 6.45) is 1.44. The minimum absolute atomic E-state index is 0.246. The van der Waals surface area contributed by atoms with Gasteiger partial charge in [0.15, 0.2) is 5.76 Å². The number of rotatable bonds is 4. The van der Waals surface area contributed by atoms with Crippen LogP contribution in [0.2, 0.25) is 10.0 Å². The van der Waals surface area contributed by atoms with E-state index >= 15 is 0 Å². The first-order valence-corrected chi connectivity index (χ1v) is 6.21. The van der Waals surface area contributed by atoms with Crippen LogP contribution in [0.15, 0.2) is 34.9 Å². The van der Waals surface area contributed by atoms with E-state index in [9.17, 15) is 4.79 Å². The van der Waals surface area contributed by atoms with Gasteiger partial charge in [-0.25, -0.2) is 0 Å². The average molecular weight is 300 g/mol. The average Bonchev–Trinajstić information content (AvgIpc) is 2.93. The third-order valence-electron chi connectivity index (χ3n) is 2.51. The molecule has 0 fully saturated rings.